The number of alkyl halides is 1. The van der Waals surface area contributed by atoms with Crippen molar-refractivity contribution in [2.24, 2.45) is 11.8 Å². The number of benzene rings is 1. The van der Waals surface area contributed by atoms with Crippen molar-refractivity contribution in [2.75, 3.05) is 6.61 Å². The minimum absolute atomic E-state index is 0.432. The fraction of sp³-hybridized carbons (Fsp3) is 0.647. The van der Waals surface area contributed by atoms with Crippen molar-refractivity contribution < 1.29 is 4.74 Å². The summed E-state index contributed by atoms with van der Waals surface area (Å²) in [7, 11) is 0. The second-order valence-corrected chi connectivity index (χ2v) is 6.88. The van der Waals surface area contributed by atoms with Gasteiger partial charge in [-0.15, -0.1) is 0 Å². The van der Waals surface area contributed by atoms with Crippen LogP contribution in [0.3, 0.4) is 0 Å². The SMILES string of the molecule is CCOc1ccc(C)cc1C(Br)C1CCC(C)CC1. The Morgan fingerprint density at radius 2 is 1.95 bits per heavy atom. The number of hydrogen-bond donors (Lipinski definition) is 0. The molecule has 0 bridgehead atoms. The van der Waals surface area contributed by atoms with Gasteiger partial charge in [-0.25, -0.2) is 0 Å². The number of aryl methyl sites for hydroxylation is 1. The van der Waals surface area contributed by atoms with Crippen molar-refractivity contribution in [2.45, 2.75) is 51.3 Å². The Balaban J connectivity index is 2.17. The van der Waals surface area contributed by atoms with E-state index < -0.39 is 0 Å². The minimum Gasteiger partial charge on any atom is -0.494 e. The first-order valence-electron chi connectivity index (χ1n) is 7.49. The molecule has 0 spiro atoms. The van der Waals surface area contributed by atoms with Gasteiger partial charge < -0.3 is 4.74 Å². The maximum absolute atomic E-state index is 5.80. The molecule has 0 N–H and O–H groups in total. The molecule has 19 heavy (non-hydrogen) atoms. The first-order valence-corrected chi connectivity index (χ1v) is 8.40. The van der Waals surface area contributed by atoms with Crippen molar-refractivity contribution in [1.29, 1.82) is 0 Å². The Kier molecular flexibility index (Phi) is 5.32. The predicted octanol–water partition coefficient (Wildman–Crippen LogP) is 5.66. The van der Waals surface area contributed by atoms with Gasteiger partial charge in [0, 0.05) is 10.4 Å². The van der Waals surface area contributed by atoms with E-state index in [0.717, 1.165) is 24.2 Å². The fourth-order valence-corrected chi connectivity index (χ4v) is 3.89. The van der Waals surface area contributed by atoms with E-state index in [-0.39, 0.29) is 0 Å². The van der Waals surface area contributed by atoms with Crippen LogP contribution >= 0.6 is 15.9 Å². The van der Waals surface area contributed by atoms with Crippen LogP contribution in [0.5, 0.6) is 5.75 Å². The van der Waals surface area contributed by atoms with E-state index in [4.69, 9.17) is 4.74 Å². The van der Waals surface area contributed by atoms with Crippen LogP contribution in [0, 0.1) is 18.8 Å². The van der Waals surface area contributed by atoms with Crippen LogP contribution in [-0.2, 0) is 0 Å². The lowest BCUT2D eigenvalue weighted by Crippen LogP contribution is -2.17. The smallest absolute Gasteiger partial charge is 0.123 e. The van der Waals surface area contributed by atoms with Crippen LogP contribution in [0.1, 0.15) is 55.5 Å². The first-order chi connectivity index (χ1) is 9.11. The van der Waals surface area contributed by atoms with Crippen LogP contribution in [0.2, 0.25) is 0 Å². The molecule has 0 saturated heterocycles. The average Bonchev–Trinajstić information content (AvgIpc) is 2.41. The lowest BCUT2D eigenvalue weighted by Gasteiger charge is -2.30. The summed E-state index contributed by atoms with van der Waals surface area (Å²) in [6.07, 6.45) is 5.39. The third-order valence-electron chi connectivity index (χ3n) is 4.24. The molecule has 0 aliphatic heterocycles. The van der Waals surface area contributed by atoms with Gasteiger partial charge in [0.2, 0.25) is 0 Å². The summed E-state index contributed by atoms with van der Waals surface area (Å²) in [4.78, 5) is 0.432. The zero-order chi connectivity index (χ0) is 13.8. The molecule has 0 radical (unpaired) electrons. The molecule has 1 aliphatic carbocycles. The van der Waals surface area contributed by atoms with Crippen molar-refractivity contribution in [1.82, 2.24) is 0 Å². The van der Waals surface area contributed by atoms with Crippen LogP contribution in [0.25, 0.3) is 0 Å². The average molecular weight is 325 g/mol. The standard InChI is InChI=1S/C17H25BrO/c1-4-19-16-10-7-13(3)11-15(16)17(18)14-8-5-12(2)6-9-14/h7,10-12,14,17H,4-6,8-9H2,1-3H3. The molecule has 0 heterocycles. The van der Waals surface area contributed by atoms with Crippen LogP contribution < -0.4 is 4.74 Å². The lowest BCUT2D eigenvalue weighted by atomic mass is 9.80. The molecule has 1 aliphatic rings. The summed E-state index contributed by atoms with van der Waals surface area (Å²) in [5, 5.41) is 0. The maximum Gasteiger partial charge on any atom is 0.123 e. The molecular formula is C17H25BrO. The van der Waals surface area contributed by atoms with Crippen molar-refractivity contribution >= 4 is 15.9 Å². The quantitative estimate of drug-likeness (QED) is 0.649. The summed E-state index contributed by atoms with van der Waals surface area (Å²) in [6.45, 7) is 7.31. The van der Waals surface area contributed by atoms with E-state index in [2.05, 4.69) is 54.9 Å². The number of hydrogen-bond acceptors (Lipinski definition) is 1. The fourth-order valence-electron chi connectivity index (χ4n) is 3.00. The largest absolute Gasteiger partial charge is 0.494 e. The van der Waals surface area contributed by atoms with Gasteiger partial charge in [-0.1, -0.05) is 53.4 Å². The molecule has 1 unspecified atom stereocenters. The third-order valence-corrected chi connectivity index (χ3v) is 5.48. The van der Waals surface area contributed by atoms with Gasteiger partial charge in [0.15, 0.2) is 0 Å². The first kappa shape index (κ1) is 14.9. The van der Waals surface area contributed by atoms with Gasteiger partial charge in [0.25, 0.3) is 0 Å². The van der Waals surface area contributed by atoms with Gasteiger partial charge in [-0.2, -0.15) is 0 Å². The van der Waals surface area contributed by atoms with Crippen molar-refractivity contribution in [3.8, 4) is 5.75 Å². The van der Waals surface area contributed by atoms with E-state index in [9.17, 15) is 0 Å². The van der Waals surface area contributed by atoms with E-state index in [1.54, 1.807) is 0 Å². The van der Waals surface area contributed by atoms with Gasteiger partial charge in [-0.05, 0) is 44.6 Å². The number of ether oxygens (including phenoxy) is 1. The van der Waals surface area contributed by atoms with Crippen LogP contribution in [-0.4, -0.2) is 6.61 Å². The zero-order valence-electron chi connectivity index (χ0n) is 12.3. The summed E-state index contributed by atoms with van der Waals surface area (Å²) >= 11 is 3.94. The van der Waals surface area contributed by atoms with E-state index >= 15 is 0 Å². The Bertz CT molecular complexity index is 408. The van der Waals surface area contributed by atoms with E-state index in [0.29, 0.717) is 4.83 Å². The van der Waals surface area contributed by atoms with Crippen LogP contribution in [0.15, 0.2) is 18.2 Å². The predicted molar refractivity (Wildman–Crippen MR) is 85.1 cm³/mol. The van der Waals surface area contributed by atoms with Gasteiger partial charge in [-0.3, -0.25) is 0 Å². The molecule has 106 valence electrons. The second kappa shape index (κ2) is 6.78. The lowest BCUT2D eigenvalue weighted by molar-refractivity contribution is 0.282. The van der Waals surface area contributed by atoms with Gasteiger partial charge >= 0.3 is 0 Å². The normalized spacial score (nSPS) is 25.1. The molecule has 1 nitrogen and oxygen atoms in total. The molecule has 1 aromatic carbocycles. The summed E-state index contributed by atoms with van der Waals surface area (Å²) < 4.78 is 5.80. The van der Waals surface area contributed by atoms with Crippen molar-refractivity contribution in [3.05, 3.63) is 29.3 Å². The van der Waals surface area contributed by atoms with Crippen molar-refractivity contribution in [3.63, 3.8) is 0 Å². The topological polar surface area (TPSA) is 9.23 Å². The Morgan fingerprint density at radius 1 is 1.26 bits per heavy atom. The molecule has 2 heteroatoms. The third kappa shape index (κ3) is 3.75. The minimum atomic E-state index is 0.432. The second-order valence-electron chi connectivity index (χ2n) is 5.90. The monoisotopic (exact) mass is 324 g/mol. The van der Waals surface area contributed by atoms with E-state index in [1.165, 1.54) is 36.8 Å². The highest BCUT2D eigenvalue weighted by molar-refractivity contribution is 9.09. The highest BCUT2D eigenvalue weighted by Crippen LogP contribution is 2.44. The molecule has 1 aromatic rings. The Hall–Kier alpha value is -0.500. The number of halogens is 1. The molecule has 1 atom stereocenters. The van der Waals surface area contributed by atoms with Gasteiger partial charge in [0.05, 0.1) is 6.61 Å². The molecule has 2 rings (SSSR count). The Morgan fingerprint density at radius 3 is 2.58 bits per heavy atom. The summed E-state index contributed by atoms with van der Waals surface area (Å²) in [6, 6.07) is 6.54. The summed E-state index contributed by atoms with van der Waals surface area (Å²) in [5.41, 5.74) is 2.65. The molecule has 1 fully saturated rings. The zero-order valence-corrected chi connectivity index (χ0v) is 13.9. The molecular weight excluding hydrogens is 300 g/mol. The highest BCUT2D eigenvalue weighted by atomic mass is 79.9. The maximum atomic E-state index is 5.80. The number of rotatable bonds is 4. The Labute approximate surface area is 125 Å². The van der Waals surface area contributed by atoms with E-state index in [1.807, 2.05) is 0 Å². The van der Waals surface area contributed by atoms with Gasteiger partial charge in [0.1, 0.15) is 5.75 Å². The molecule has 0 aromatic heterocycles. The molecule has 0 amide bonds. The highest BCUT2D eigenvalue weighted by Gasteiger charge is 2.27. The summed E-state index contributed by atoms with van der Waals surface area (Å²) in [5.74, 6) is 2.70. The van der Waals surface area contributed by atoms with Crippen LogP contribution in [0.4, 0.5) is 0 Å². The molecule has 1 saturated carbocycles.